The highest BCUT2D eigenvalue weighted by molar-refractivity contribution is 6.30. The minimum absolute atomic E-state index is 0.210. The Balaban J connectivity index is 2.30. The molecule has 0 aliphatic heterocycles. The van der Waals surface area contributed by atoms with Gasteiger partial charge in [0, 0.05) is 5.02 Å². The van der Waals surface area contributed by atoms with Crippen molar-refractivity contribution in [3.63, 3.8) is 0 Å². The van der Waals surface area contributed by atoms with Crippen LogP contribution in [0.15, 0.2) is 30.3 Å². The Labute approximate surface area is 110 Å². The van der Waals surface area contributed by atoms with Gasteiger partial charge in [-0.3, -0.25) is 4.68 Å². The van der Waals surface area contributed by atoms with E-state index in [1.165, 1.54) is 4.68 Å². The summed E-state index contributed by atoms with van der Waals surface area (Å²) in [4.78, 5) is 11.1. The molecule has 1 heterocycles. The highest BCUT2D eigenvalue weighted by Crippen LogP contribution is 2.13. The minimum atomic E-state index is -0.962. The highest BCUT2D eigenvalue weighted by Gasteiger charge is 2.13. The Morgan fingerprint density at radius 1 is 1.39 bits per heavy atom. The van der Waals surface area contributed by atoms with Crippen molar-refractivity contribution in [2.75, 3.05) is 0 Å². The van der Waals surface area contributed by atoms with E-state index in [1.807, 2.05) is 19.1 Å². The molecule has 0 aliphatic rings. The van der Waals surface area contributed by atoms with Gasteiger partial charge in [0.05, 0.1) is 12.2 Å². The van der Waals surface area contributed by atoms with Gasteiger partial charge < -0.3 is 5.11 Å². The standard InChI is InChI=1S/C13H13ClN2O2/c1-2-11-7-12(13(17)18)16(15-11)8-9-3-5-10(14)6-4-9/h3-7H,2,8H2,1H3,(H,17,18). The fourth-order valence-electron chi connectivity index (χ4n) is 1.70. The second kappa shape index (κ2) is 5.23. The number of benzene rings is 1. The molecule has 2 aromatic rings. The molecule has 5 heteroatoms. The van der Waals surface area contributed by atoms with Crippen molar-refractivity contribution in [2.24, 2.45) is 0 Å². The molecule has 1 aromatic heterocycles. The van der Waals surface area contributed by atoms with Gasteiger partial charge in [0.15, 0.2) is 0 Å². The van der Waals surface area contributed by atoms with Crippen LogP contribution in [-0.2, 0) is 13.0 Å². The molecule has 0 fully saturated rings. The van der Waals surface area contributed by atoms with Crippen LogP contribution in [0.2, 0.25) is 5.02 Å². The smallest absolute Gasteiger partial charge is 0.354 e. The van der Waals surface area contributed by atoms with Crippen LogP contribution in [0.4, 0.5) is 0 Å². The minimum Gasteiger partial charge on any atom is -0.477 e. The zero-order valence-corrected chi connectivity index (χ0v) is 10.7. The summed E-state index contributed by atoms with van der Waals surface area (Å²) in [6.07, 6.45) is 0.716. The molecule has 0 unspecified atom stereocenters. The van der Waals surface area contributed by atoms with Gasteiger partial charge in [0.25, 0.3) is 0 Å². The first-order valence-corrected chi connectivity index (χ1v) is 6.02. The van der Waals surface area contributed by atoms with E-state index >= 15 is 0 Å². The number of aromatic carboxylic acids is 1. The molecule has 1 N–H and O–H groups in total. The number of hydrogen-bond donors (Lipinski definition) is 1. The third-order valence-electron chi connectivity index (χ3n) is 2.66. The van der Waals surface area contributed by atoms with Crippen LogP contribution in [0, 0.1) is 0 Å². The summed E-state index contributed by atoms with van der Waals surface area (Å²) in [6.45, 7) is 2.37. The first-order chi connectivity index (χ1) is 8.60. The maximum atomic E-state index is 11.1. The zero-order chi connectivity index (χ0) is 13.1. The molecule has 18 heavy (non-hydrogen) atoms. The van der Waals surface area contributed by atoms with Crippen LogP contribution in [-0.4, -0.2) is 20.9 Å². The normalized spacial score (nSPS) is 10.6. The maximum absolute atomic E-state index is 11.1. The summed E-state index contributed by atoms with van der Waals surface area (Å²) in [6, 6.07) is 8.89. The van der Waals surface area contributed by atoms with Crippen molar-refractivity contribution in [2.45, 2.75) is 19.9 Å². The monoisotopic (exact) mass is 264 g/mol. The van der Waals surface area contributed by atoms with E-state index < -0.39 is 5.97 Å². The van der Waals surface area contributed by atoms with Crippen molar-refractivity contribution in [3.8, 4) is 0 Å². The summed E-state index contributed by atoms with van der Waals surface area (Å²) in [5.74, 6) is -0.962. The molecule has 0 bridgehead atoms. The summed E-state index contributed by atoms with van der Waals surface area (Å²) >= 11 is 5.81. The van der Waals surface area contributed by atoms with Crippen molar-refractivity contribution < 1.29 is 9.90 Å². The number of carboxylic acid groups (broad SMARTS) is 1. The fraction of sp³-hybridized carbons (Fsp3) is 0.231. The molecule has 0 radical (unpaired) electrons. The number of rotatable bonds is 4. The Bertz CT molecular complexity index is 561. The van der Waals surface area contributed by atoms with Crippen LogP contribution in [0.3, 0.4) is 0 Å². The van der Waals surface area contributed by atoms with Crippen molar-refractivity contribution in [1.29, 1.82) is 0 Å². The van der Waals surface area contributed by atoms with Gasteiger partial charge in [-0.25, -0.2) is 4.79 Å². The molecular weight excluding hydrogens is 252 g/mol. The molecule has 1 aromatic carbocycles. The van der Waals surface area contributed by atoms with E-state index in [9.17, 15) is 4.79 Å². The molecule has 2 rings (SSSR count). The van der Waals surface area contributed by atoms with E-state index in [2.05, 4.69) is 5.10 Å². The van der Waals surface area contributed by atoms with Gasteiger partial charge in [-0.1, -0.05) is 30.7 Å². The summed E-state index contributed by atoms with van der Waals surface area (Å²) < 4.78 is 1.50. The van der Waals surface area contributed by atoms with E-state index in [4.69, 9.17) is 16.7 Å². The third kappa shape index (κ3) is 2.71. The van der Waals surface area contributed by atoms with Crippen LogP contribution >= 0.6 is 11.6 Å². The topological polar surface area (TPSA) is 55.1 Å². The second-order valence-electron chi connectivity index (χ2n) is 3.96. The highest BCUT2D eigenvalue weighted by atomic mass is 35.5. The van der Waals surface area contributed by atoms with Crippen LogP contribution in [0.5, 0.6) is 0 Å². The molecule has 0 spiro atoms. The maximum Gasteiger partial charge on any atom is 0.354 e. The van der Waals surface area contributed by atoms with Crippen molar-refractivity contribution in [3.05, 3.63) is 52.3 Å². The number of hydrogen-bond acceptors (Lipinski definition) is 2. The number of carboxylic acids is 1. The molecule has 4 nitrogen and oxygen atoms in total. The Morgan fingerprint density at radius 2 is 2.06 bits per heavy atom. The lowest BCUT2D eigenvalue weighted by Crippen LogP contribution is -2.10. The van der Waals surface area contributed by atoms with Gasteiger partial charge >= 0.3 is 5.97 Å². The van der Waals surface area contributed by atoms with E-state index in [0.717, 1.165) is 11.3 Å². The van der Waals surface area contributed by atoms with Crippen molar-refractivity contribution >= 4 is 17.6 Å². The predicted molar refractivity (Wildman–Crippen MR) is 69.1 cm³/mol. The first-order valence-electron chi connectivity index (χ1n) is 5.64. The predicted octanol–water partition coefficient (Wildman–Crippen LogP) is 2.85. The van der Waals surface area contributed by atoms with Gasteiger partial charge in [0.1, 0.15) is 5.69 Å². The molecular formula is C13H13ClN2O2. The fourth-order valence-corrected chi connectivity index (χ4v) is 1.82. The Hall–Kier alpha value is -1.81. The first kappa shape index (κ1) is 12.6. The van der Waals surface area contributed by atoms with Gasteiger partial charge in [-0.2, -0.15) is 5.10 Å². The van der Waals surface area contributed by atoms with Crippen molar-refractivity contribution in [1.82, 2.24) is 9.78 Å². The number of aryl methyl sites for hydroxylation is 1. The molecule has 0 saturated heterocycles. The quantitative estimate of drug-likeness (QED) is 0.924. The van der Waals surface area contributed by atoms with Gasteiger partial charge in [-0.05, 0) is 30.2 Å². The lowest BCUT2D eigenvalue weighted by Gasteiger charge is -2.04. The van der Waals surface area contributed by atoms with Gasteiger partial charge in [-0.15, -0.1) is 0 Å². The summed E-state index contributed by atoms with van der Waals surface area (Å²) in [7, 11) is 0. The number of carbonyl (C=O) groups is 1. The Kier molecular flexibility index (Phi) is 3.67. The molecule has 0 amide bonds. The number of halogens is 1. The average molecular weight is 265 g/mol. The van der Waals surface area contributed by atoms with E-state index in [0.29, 0.717) is 18.0 Å². The average Bonchev–Trinajstić information content (AvgIpc) is 2.75. The molecule has 94 valence electrons. The number of aromatic nitrogens is 2. The van der Waals surface area contributed by atoms with Gasteiger partial charge in [0.2, 0.25) is 0 Å². The Morgan fingerprint density at radius 3 is 2.61 bits per heavy atom. The zero-order valence-electron chi connectivity index (χ0n) is 9.93. The molecule has 0 atom stereocenters. The van der Waals surface area contributed by atoms with E-state index in [1.54, 1.807) is 18.2 Å². The second-order valence-corrected chi connectivity index (χ2v) is 4.40. The van der Waals surface area contributed by atoms with Crippen LogP contribution in [0.25, 0.3) is 0 Å². The van der Waals surface area contributed by atoms with Crippen LogP contribution < -0.4 is 0 Å². The summed E-state index contributed by atoms with van der Waals surface area (Å²) in [5.41, 5.74) is 1.95. The van der Waals surface area contributed by atoms with Crippen LogP contribution in [0.1, 0.15) is 28.7 Å². The SMILES string of the molecule is CCc1cc(C(=O)O)n(Cc2ccc(Cl)cc2)n1. The third-order valence-corrected chi connectivity index (χ3v) is 2.91. The lowest BCUT2D eigenvalue weighted by atomic mass is 10.2. The summed E-state index contributed by atoms with van der Waals surface area (Å²) in [5, 5.41) is 14.0. The molecule has 0 saturated carbocycles. The van der Waals surface area contributed by atoms with E-state index in [-0.39, 0.29) is 5.69 Å². The number of nitrogens with zero attached hydrogens (tertiary/aromatic N) is 2. The molecule has 0 aliphatic carbocycles. The largest absolute Gasteiger partial charge is 0.477 e. The lowest BCUT2D eigenvalue weighted by molar-refractivity contribution is 0.0684.